The van der Waals surface area contributed by atoms with Gasteiger partial charge in [0.05, 0.1) is 10.7 Å². The lowest BCUT2D eigenvalue weighted by Gasteiger charge is -2.36. The van der Waals surface area contributed by atoms with Crippen molar-refractivity contribution < 1.29 is 14.0 Å². The van der Waals surface area contributed by atoms with Gasteiger partial charge >= 0.3 is 0 Å². The Bertz CT molecular complexity index is 1260. The van der Waals surface area contributed by atoms with Crippen molar-refractivity contribution in [3.63, 3.8) is 0 Å². The van der Waals surface area contributed by atoms with Crippen molar-refractivity contribution in [1.29, 1.82) is 0 Å². The second kappa shape index (κ2) is 11.1. The van der Waals surface area contributed by atoms with Crippen molar-refractivity contribution in [1.82, 2.24) is 10.2 Å². The molecule has 1 aliphatic rings. The van der Waals surface area contributed by atoms with Crippen LogP contribution in [0.25, 0.3) is 11.3 Å². The highest BCUT2D eigenvalue weighted by Crippen LogP contribution is 2.30. The molecule has 2 amide bonds. The third kappa shape index (κ3) is 6.14. The molecule has 4 rings (SSSR count). The number of hydrogen-bond donors (Lipinski definition) is 2. The Morgan fingerprint density at radius 2 is 1.80 bits per heavy atom. The highest BCUT2D eigenvalue weighted by Gasteiger charge is 2.21. The molecule has 1 fully saturated rings. The quantitative estimate of drug-likeness (QED) is 0.427. The molecule has 0 atom stereocenters. The molecule has 35 heavy (non-hydrogen) atoms. The van der Waals surface area contributed by atoms with Crippen molar-refractivity contribution >= 4 is 63.7 Å². The van der Waals surface area contributed by atoms with Crippen molar-refractivity contribution in [2.45, 2.75) is 13.3 Å². The van der Waals surface area contributed by atoms with E-state index >= 15 is 0 Å². The summed E-state index contributed by atoms with van der Waals surface area (Å²) in [6.45, 7) is 4.65. The van der Waals surface area contributed by atoms with Crippen LogP contribution in [-0.4, -0.2) is 48.0 Å². The predicted molar refractivity (Wildman–Crippen MR) is 143 cm³/mol. The smallest absolute Gasteiger partial charge is 0.293 e. The zero-order valence-electron chi connectivity index (χ0n) is 19.0. The third-order valence-corrected chi connectivity index (χ3v) is 6.39. The summed E-state index contributed by atoms with van der Waals surface area (Å²) in [6.07, 6.45) is 0.514. The van der Waals surface area contributed by atoms with E-state index in [-0.39, 0.29) is 16.8 Å². The molecule has 1 aliphatic heterocycles. The molecule has 1 saturated heterocycles. The predicted octanol–water partition coefficient (Wildman–Crippen LogP) is 5.44. The molecule has 0 unspecified atom stereocenters. The fourth-order valence-corrected chi connectivity index (χ4v) is 4.55. The lowest BCUT2D eigenvalue weighted by Crippen LogP contribution is -2.48. The number of nitrogens with one attached hydrogen (secondary N) is 2. The number of amides is 2. The zero-order valence-corrected chi connectivity index (χ0v) is 21.3. The van der Waals surface area contributed by atoms with Crippen LogP contribution in [0, 0.1) is 0 Å². The first kappa shape index (κ1) is 25.0. The first-order valence-corrected chi connectivity index (χ1v) is 12.3. The molecular weight excluding hydrogens is 507 g/mol. The molecule has 0 bridgehead atoms. The van der Waals surface area contributed by atoms with E-state index < -0.39 is 5.91 Å². The number of hydrogen-bond acceptors (Lipinski definition) is 5. The molecule has 2 N–H and O–H groups in total. The molecule has 1 aromatic heterocycles. The van der Waals surface area contributed by atoms with Crippen LogP contribution in [-0.2, 0) is 4.79 Å². The molecule has 7 nitrogen and oxygen atoms in total. The summed E-state index contributed by atoms with van der Waals surface area (Å²) in [5, 5.41) is 6.83. The molecule has 0 aliphatic carbocycles. The lowest BCUT2D eigenvalue weighted by molar-refractivity contribution is -0.131. The van der Waals surface area contributed by atoms with Gasteiger partial charge in [0, 0.05) is 48.9 Å². The number of piperazine rings is 1. The summed E-state index contributed by atoms with van der Waals surface area (Å²) in [4.78, 5) is 28.5. The van der Waals surface area contributed by atoms with E-state index in [2.05, 4.69) is 15.5 Å². The molecule has 182 valence electrons. The van der Waals surface area contributed by atoms with Gasteiger partial charge < -0.3 is 19.5 Å². The minimum atomic E-state index is -0.474. The molecule has 3 aromatic rings. The number of benzene rings is 2. The summed E-state index contributed by atoms with van der Waals surface area (Å²) in [5.41, 5.74) is 2.30. The number of anilines is 2. The van der Waals surface area contributed by atoms with E-state index in [4.69, 9.17) is 39.8 Å². The van der Waals surface area contributed by atoms with Crippen molar-refractivity contribution in [3.8, 4) is 11.3 Å². The fraction of sp³-hybridized carbons (Fsp3) is 0.240. The maximum absolute atomic E-state index is 12.6. The Labute approximate surface area is 219 Å². The average molecular weight is 531 g/mol. The van der Waals surface area contributed by atoms with Crippen LogP contribution < -0.4 is 15.5 Å². The van der Waals surface area contributed by atoms with Gasteiger partial charge in [0.25, 0.3) is 5.91 Å². The highest BCUT2D eigenvalue weighted by molar-refractivity contribution is 7.80. The molecule has 0 radical (unpaired) electrons. The maximum Gasteiger partial charge on any atom is 0.293 e. The highest BCUT2D eigenvalue weighted by atomic mass is 35.5. The molecule has 0 saturated carbocycles. The van der Waals surface area contributed by atoms with E-state index in [9.17, 15) is 9.59 Å². The first-order valence-electron chi connectivity index (χ1n) is 11.1. The second-order valence-corrected chi connectivity index (χ2v) is 9.22. The Hall–Kier alpha value is -3.07. The topological polar surface area (TPSA) is 77.8 Å². The maximum atomic E-state index is 12.6. The van der Waals surface area contributed by atoms with Crippen LogP contribution in [0.3, 0.4) is 0 Å². The van der Waals surface area contributed by atoms with Gasteiger partial charge in [-0.25, -0.2) is 0 Å². The largest absolute Gasteiger partial charge is 0.451 e. The van der Waals surface area contributed by atoms with Gasteiger partial charge in [-0.15, -0.1) is 0 Å². The Balaban J connectivity index is 1.33. The third-order valence-electron chi connectivity index (χ3n) is 5.65. The number of halogens is 2. The summed E-state index contributed by atoms with van der Waals surface area (Å²) in [6, 6.07) is 15.9. The Kier molecular flexibility index (Phi) is 7.95. The number of nitrogens with zero attached hydrogens (tertiary/aromatic N) is 2. The first-order chi connectivity index (χ1) is 16.8. The number of carbonyl (C=O) groups is 2. The normalized spacial score (nSPS) is 13.5. The average Bonchev–Trinajstić information content (AvgIpc) is 3.34. The molecule has 0 spiro atoms. The summed E-state index contributed by atoms with van der Waals surface area (Å²) < 4.78 is 5.66. The van der Waals surface area contributed by atoms with E-state index in [0.29, 0.717) is 54.1 Å². The van der Waals surface area contributed by atoms with Crippen molar-refractivity contribution in [3.05, 3.63) is 70.4 Å². The van der Waals surface area contributed by atoms with Gasteiger partial charge in [-0.05, 0) is 54.7 Å². The number of furan rings is 1. The van der Waals surface area contributed by atoms with Crippen LogP contribution in [0.1, 0.15) is 23.9 Å². The van der Waals surface area contributed by atoms with E-state index in [1.807, 2.05) is 36.1 Å². The van der Waals surface area contributed by atoms with Crippen LogP contribution >= 0.6 is 35.4 Å². The second-order valence-electron chi connectivity index (χ2n) is 7.97. The van der Waals surface area contributed by atoms with Gasteiger partial charge in [-0.3, -0.25) is 14.9 Å². The molecule has 2 aromatic carbocycles. The number of carbonyl (C=O) groups excluding carboxylic acids is 2. The monoisotopic (exact) mass is 530 g/mol. The van der Waals surface area contributed by atoms with Gasteiger partial charge in [0.15, 0.2) is 10.9 Å². The summed E-state index contributed by atoms with van der Waals surface area (Å²) >= 11 is 17.8. The molecular formula is C25H24Cl2N4O3S. The van der Waals surface area contributed by atoms with Crippen LogP contribution in [0.5, 0.6) is 0 Å². The van der Waals surface area contributed by atoms with Gasteiger partial charge in [-0.2, -0.15) is 0 Å². The van der Waals surface area contributed by atoms with Gasteiger partial charge in [0.1, 0.15) is 5.76 Å². The Morgan fingerprint density at radius 3 is 2.49 bits per heavy atom. The van der Waals surface area contributed by atoms with Crippen molar-refractivity contribution in [2.24, 2.45) is 0 Å². The lowest BCUT2D eigenvalue weighted by atomic mass is 10.2. The van der Waals surface area contributed by atoms with Crippen LogP contribution in [0.15, 0.2) is 59.0 Å². The van der Waals surface area contributed by atoms with Gasteiger partial charge in [-0.1, -0.05) is 42.3 Å². The molecule has 10 heteroatoms. The van der Waals surface area contributed by atoms with E-state index in [1.54, 1.807) is 30.3 Å². The Morgan fingerprint density at radius 1 is 1.03 bits per heavy atom. The molecule has 2 heterocycles. The van der Waals surface area contributed by atoms with Gasteiger partial charge in [0.2, 0.25) is 5.91 Å². The standard InChI is InChI=1S/C25H24Cl2N4O3S/c1-2-23(32)31-12-10-30(11-13-31)20-7-6-18(15-19(20)27)28-25(35)29-24(33)22-9-8-21(34-22)16-4-3-5-17(26)14-16/h3-9,14-15H,2,10-13H2,1H3,(H2,28,29,33,35). The number of rotatable bonds is 5. The number of thiocarbonyl (C=S) groups is 1. The van der Waals surface area contributed by atoms with Crippen LogP contribution in [0.2, 0.25) is 10.0 Å². The zero-order chi connectivity index (χ0) is 24.9. The SMILES string of the molecule is CCC(=O)N1CCN(c2ccc(NC(=S)NC(=O)c3ccc(-c4cccc(Cl)c4)o3)cc2Cl)CC1. The van der Waals surface area contributed by atoms with E-state index in [0.717, 1.165) is 11.3 Å². The van der Waals surface area contributed by atoms with Crippen LogP contribution in [0.4, 0.5) is 11.4 Å². The van der Waals surface area contributed by atoms with E-state index in [1.165, 1.54) is 0 Å². The van der Waals surface area contributed by atoms with Crippen molar-refractivity contribution in [2.75, 3.05) is 36.4 Å². The fourth-order valence-electron chi connectivity index (χ4n) is 3.85. The summed E-state index contributed by atoms with van der Waals surface area (Å²) in [7, 11) is 0. The summed E-state index contributed by atoms with van der Waals surface area (Å²) in [5.74, 6) is 0.344. The minimum Gasteiger partial charge on any atom is -0.451 e. The minimum absolute atomic E-state index is 0.117.